The average Bonchev–Trinajstić information content (AvgIpc) is 2.40. The van der Waals surface area contributed by atoms with E-state index >= 15 is 0 Å². The normalized spacial score (nSPS) is 32.6. The second kappa shape index (κ2) is 7.28. The zero-order valence-corrected chi connectivity index (χ0v) is 12.7. The summed E-state index contributed by atoms with van der Waals surface area (Å²) in [7, 11) is 0. The van der Waals surface area contributed by atoms with E-state index in [9.17, 15) is 4.79 Å². The van der Waals surface area contributed by atoms with Crippen molar-refractivity contribution in [1.82, 2.24) is 10.2 Å². The summed E-state index contributed by atoms with van der Waals surface area (Å²) in [5.41, 5.74) is 0. The van der Waals surface area contributed by atoms with Crippen molar-refractivity contribution < 1.29 is 4.79 Å². The quantitative estimate of drug-likeness (QED) is 0.830. The maximum absolute atomic E-state index is 12.3. The minimum atomic E-state index is 0.0871. The van der Waals surface area contributed by atoms with Crippen molar-refractivity contribution in [2.45, 2.75) is 64.8 Å². The molecule has 1 amide bonds. The molecule has 0 aromatic heterocycles. The Bertz CT molecular complexity index is 290. The van der Waals surface area contributed by atoms with Gasteiger partial charge in [-0.2, -0.15) is 0 Å². The Labute approximate surface area is 118 Å². The van der Waals surface area contributed by atoms with Crippen molar-refractivity contribution in [3.63, 3.8) is 0 Å². The molecule has 1 N–H and O–H groups in total. The van der Waals surface area contributed by atoms with Crippen LogP contribution in [0.5, 0.6) is 0 Å². The van der Waals surface area contributed by atoms with Crippen LogP contribution in [0.1, 0.15) is 58.8 Å². The Morgan fingerprint density at radius 3 is 2.84 bits per heavy atom. The monoisotopic (exact) mass is 266 g/mol. The lowest BCUT2D eigenvalue weighted by atomic mass is 9.81. The minimum Gasteiger partial charge on any atom is -0.341 e. The molecule has 1 saturated heterocycles. The summed E-state index contributed by atoms with van der Waals surface area (Å²) in [6.45, 7) is 7.31. The zero-order chi connectivity index (χ0) is 13.7. The fraction of sp³-hybridized carbons (Fsp3) is 0.938. The number of likely N-dealkylation sites (tertiary alicyclic amines) is 1. The Morgan fingerprint density at radius 2 is 2.11 bits per heavy atom. The van der Waals surface area contributed by atoms with E-state index in [1.54, 1.807) is 0 Å². The number of likely N-dealkylation sites (N-methyl/N-ethyl adjacent to an activating group) is 1. The molecule has 0 radical (unpaired) electrons. The van der Waals surface area contributed by atoms with Crippen LogP contribution >= 0.6 is 0 Å². The first-order valence-electron chi connectivity index (χ1n) is 8.23. The van der Waals surface area contributed by atoms with Gasteiger partial charge in [-0.3, -0.25) is 4.79 Å². The van der Waals surface area contributed by atoms with Gasteiger partial charge in [0.05, 0.1) is 6.04 Å². The molecule has 0 spiro atoms. The van der Waals surface area contributed by atoms with E-state index in [0.717, 1.165) is 44.3 Å². The van der Waals surface area contributed by atoms with Crippen molar-refractivity contribution in [3.05, 3.63) is 0 Å². The second-order valence-electron chi connectivity index (χ2n) is 6.50. The molecule has 110 valence electrons. The molecule has 19 heavy (non-hydrogen) atoms. The number of hydrogen-bond acceptors (Lipinski definition) is 2. The lowest BCUT2D eigenvalue weighted by Gasteiger charge is -2.34. The van der Waals surface area contributed by atoms with Gasteiger partial charge in [0.15, 0.2) is 0 Å². The molecule has 1 heterocycles. The number of rotatable bonds is 5. The maximum Gasteiger partial charge on any atom is 0.239 e. The highest BCUT2D eigenvalue weighted by molar-refractivity contribution is 5.82. The fourth-order valence-electron chi connectivity index (χ4n) is 3.76. The van der Waals surface area contributed by atoms with E-state index in [2.05, 4.69) is 24.1 Å². The molecule has 1 aliphatic carbocycles. The third-order valence-electron chi connectivity index (χ3n) is 4.83. The Hall–Kier alpha value is -0.570. The lowest BCUT2D eigenvalue weighted by Crippen LogP contribution is -2.51. The fourth-order valence-corrected chi connectivity index (χ4v) is 3.76. The molecule has 3 unspecified atom stereocenters. The summed E-state index contributed by atoms with van der Waals surface area (Å²) in [6, 6.07) is 0.0871. The maximum atomic E-state index is 12.3. The minimum absolute atomic E-state index is 0.0871. The van der Waals surface area contributed by atoms with Crippen molar-refractivity contribution in [1.29, 1.82) is 0 Å². The summed E-state index contributed by atoms with van der Waals surface area (Å²) < 4.78 is 0. The van der Waals surface area contributed by atoms with Gasteiger partial charge in [-0.15, -0.1) is 0 Å². The molecular formula is C16H30N2O. The summed E-state index contributed by atoms with van der Waals surface area (Å²) >= 11 is 0. The van der Waals surface area contributed by atoms with Crippen molar-refractivity contribution >= 4 is 5.91 Å². The SMILES string of the molecule is CCNC1CCCN(CCC2CCCC(C)C2)C1=O. The Morgan fingerprint density at radius 1 is 1.26 bits per heavy atom. The Balaban J connectivity index is 1.76. The van der Waals surface area contributed by atoms with Crippen LogP contribution in [0, 0.1) is 11.8 Å². The molecule has 3 atom stereocenters. The van der Waals surface area contributed by atoms with Crippen LogP contribution in [-0.2, 0) is 4.79 Å². The van der Waals surface area contributed by atoms with Crippen molar-refractivity contribution in [2.24, 2.45) is 11.8 Å². The van der Waals surface area contributed by atoms with Gasteiger partial charge in [0.2, 0.25) is 5.91 Å². The van der Waals surface area contributed by atoms with E-state index in [1.165, 1.54) is 32.1 Å². The van der Waals surface area contributed by atoms with Crippen LogP contribution in [0.4, 0.5) is 0 Å². The second-order valence-corrected chi connectivity index (χ2v) is 6.50. The first-order valence-corrected chi connectivity index (χ1v) is 8.23. The molecule has 3 nitrogen and oxygen atoms in total. The van der Waals surface area contributed by atoms with E-state index in [0.29, 0.717) is 5.91 Å². The highest BCUT2D eigenvalue weighted by atomic mass is 16.2. The molecule has 2 fully saturated rings. The molecule has 0 aromatic rings. The average molecular weight is 266 g/mol. The number of carbonyl (C=O) groups excluding carboxylic acids is 1. The van der Waals surface area contributed by atoms with Gasteiger partial charge in [-0.1, -0.05) is 33.1 Å². The van der Waals surface area contributed by atoms with Gasteiger partial charge in [-0.25, -0.2) is 0 Å². The van der Waals surface area contributed by atoms with Crippen LogP contribution in [0.3, 0.4) is 0 Å². The molecule has 2 aliphatic rings. The predicted octanol–water partition coefficient (Wildman–Crippen LogP) is 2.80. The first kappa shape index (κ1) is 14.8. The van der Waals surface area contributed by atoms with Crippen LogP contribution in [0.15, 0.2) is 0 Å². The number of hydrogen-bond donors (Lipinski definition) is 1. The highest BCUT2D eigenvalue weighted by Crippen LogP contribution is 2.31. The summed E-state index contributed by atoms with van der Waals surface area (Å²) in [4.78, 5) is 14.4. The summed E-state index contributed by atoms with van der Waals surface area (Å²) in [5.74, 6) is 2.10. The molecule has 1 saturated carbocycles. The van der Waals surface area contributed by atoms with Gasteiger partial charge >= 0.3 is 0 Å². The number of piperidine rings is 1. The van der Waals surface area contributed by atoms with E-state index < -0.39 is 0 Å². The van der Waals surface area contributed by atoms with E-state index in [1.807, 2.05) is 0 Å². The van der Waals surface area contributed by atoms with Crippen molar-refractivity contribution in [3.8, 4) is 0 Å². The van der Waals surface area contributed by atoms with Gasteiger partial charge < -0.3 is 10.2 Å². The van der Waals surface area contributed by atoms with E-state index in [4.69, 9.17) is 0 Å². The molecule has 0 aromatic carbocycles. The zero-order valence-electron chi connectivity index (χ0n) is 12.7. The van der Waals surface area contributed by atoms with Gasteiger partial charge in [-0.05, 0) is 44.1 Å². The smallest absolute Gasteiger partial charge is 0.239 e. The standard InChI is InChI=1S/C16H30N2O/c1-3-17-15-8-5-10-18(16(15)19)11-9-14-7-4-6-13(2)12-14/h13-15,17H,3-12H2,1-2H3. The molecule has 1 aliphatic heterocycles. The van der Waals surface area contributed by atoms with Gasteiger partial charge in [0.1, 0.15) is 0 Å². The third-order valence-corrected chi connectivity index (χ3v) is 4.83. The Kier molecular flexibility index (Phi) is 5.68. The molecule has 3 heteroatoms. The van der Waals surface area contributed by atoms with Gasteiger partial charge in [0.25, 0.3) is 0 Å². The van der Waals surface area contributed by atoms with Crippen LogP contribution in [0.25, 0.3) is 0 Å². The number of nitrogens with zero attached hydrogens (tertiary/aromatic N) is 1. The molecular weight excluding hydrogens is 236 g/mol. The van der Waals surface area contributed by atoms with Crippen LogP contribution in [0.2, 0.25) is 0 Å². The predicted molar refractivity (Wildman–Crippen MR) is 79.0 cm³/mol. The number of nitrogens with one attached hydrogen (secondary N) is 1. The molecule has 0 bridgehead atoms. The van der Waals surface area contributed by atoms with Gasteiger partial charge in [0, 0.05) is 13.1 Å². The first-order chi connectivity index (χ1) is 9.20. The molecule has 2 rings (SSSR count). The van der Waals surface area contributed by atoms with Crippen LogP contribution < -0.4 is 5.32 Å². The lowest BCUT2D eigenvalue weighted by molar-refractivity contribution is -0.136. The summed E-state index contributed by atoms with van der Waals surface area (Å²) in [5, 5.41) is 3.32. The van der Waals surface area contributed by atoms with Crippen molar-refractivity contribution in [2.75, 3.05) is 19.6 Å². The highest BCUT2D eigenvalue weighted by Gasteiger charge is 2.28. The number of carbonyl (C=O) groups is 1. The van der Waals surface area contributed by atoms with Crippen LogP contribution in [-0.4, -0.2) is 36.5 Å². The third kappa shape index (κ3) is 4.20. The largest absolute Gasteiger partial charge is 0.341 e. The summed E-state index contributed by atoms with van der Waals surface area (Å²) in [6.07, 6.45) is 8.94. The van der Waals surface area contributed by atoms with E-state index in [-0.39, 0.29) is 6.04 Å². The topological polar surface area (TPSA) is 32.3 Å². The number of amides is 1.